The molecule has 1 aromatic carbocycles. The summed E-state index contributed by atoms with van der Waals surface area (Å²) in [6.45, 7) is 7.14. The van der Waals surface area contributed by atoms with Crippen LogP contribution in [0.3, 0.4) is 0 Å². The Bertz CT molecular complexity index is 458. The number of hydrogen-bond acceptors (Lipinski definition) is 3. The van der Waals surface area contributed by atoms with Gasteiger partial charge in [-0.2, -0.15) is 0 Å². The monoisotopic (exact) mass is 309 g/mol. The summed E-state index contributed by atoms with van der Waals surface area (Å²) in [6, 6.07) is 10.00. The standard InChI is InChI=1S/C15H23N3O2S/c1-15(2,3)20-14(19)17-10-9-16-13(21)18-11-12-7-5-4-6-8-12/h4-8H,9-11H2,1-3H3,(H,17,19)(H2,16,18,21). The summed E-state index contributed by atoms with van der Waals surface area (Å²) in [6.07, 6.45) is -0.424. The Hall–Kier alpha value is -1.82. The number of benzene rings is 1. The minimum Gasteiger partial charge on any atom is -0.444 e. The Morgan fingerprint density at radius 2 is 1.71 bits per heavy atom. The summed E-state index contributed by atoms with van der Waals surface area (Å²) >= 11 is 5.15. The summed E-state index contributed by atoms with van der Waals surface area (Å²) in [5.41, 5.74) is 0.679. The topological polar surface area (TPSA) is 62.4 Å². The van der Waals surface area contributed by atoms with E-state index in [-0.39, 0.29) is 0 Å². The van der Waals surface area contributed by atoms with Crippen molar-refractivity contribution in [2.75, 3.05) is 13.1 Å². The number of thiocarbonyl (C=S) groups is 1. The third-order valence-electron chi connectivity index (χ3n) is 2.37. The molecule has 0 aliphatic heterocycles. The van der Waals surface area contributed by atoms with E-state index in [1.54, 1.807) is 0 Å². The second-order valence-corrected chi connectivity index (χ2v) is 5.93. The summed E-state index contributed by atoms with van der Waals surface area (Å²) < 4.78 is 5.12. The van der Waals surface area contributed by atoms with Gasteiger partial charge in [-0.3, -0.25) is 0 Å². The molecule has 3 N–H and O–H groups in total. The zero-order valence-corrected chi connectivity index (χ0v) is 13.5. The molecule has 116 valence electrons. The van der Waals surface area contributed by atoms with Crippen LogP contribution in [0.15, 0.2) is 30.3 Å². The van der Waals surface area contributed by atoms with Crippen LogP contribution in [0, 0.1) is 0 Å². The highest BCUT2D eigenvalue weighted by atomic mass is 32.1. The molecule has 0 aliphatic carbocycles. The molecule has 0 atom stereocenters. The molecule has 0 spiro atoms. The van der Waals surface area contributed by atoms with Crippen LogP contribution in [0.25, 0.3) is 0 Å². The number of amides is 1. The van der Waals surface area contributed by atoms with Crippen LogP contribution in [0.1, 0.15) is 26.3 Å². The summed E-state index contributed by atoms with van der Waals surface area (Å²) in [4.78, 5) is 11.4. The van der Waals surface area contributed by atoms with Gasteiger partial charge in [0.2, 0.25) is 0 Å². The number of nitrogens with one attached hydrogen (secondary N) is 3. The van der Waals surface area contributed by atoms with E-state index in [4.69, 9.17) is 17.0 Å². The normalized spacial score (nSPS) is 10.6. The fraction of sp³-hybridized carbons (Fsp3) is 0.467. The quantitative estimate of drug-likeness (QED) is 0.575. The molecule has 0 fully saturated rings. The second kappa shape index (κ2) is 8.46. The zero-order valence-electron chi connectivity index (χ0n) is 12.7. The smallest absolute Gasteiger partial charge is 0.407 e. The third-order valence-corrected chi connectivity index (χ3v) is 2.66. The van der Waals surface area contributed by atoms with Gasteiger partial charge in [0.1, 0.15) is 5.60 Å². The van der Waals surface area contributed by atoms with Crippen molar-refractivity contribution in [2.45, 2.75) is 32.9 Å². The van der Waals surface area contributed by atoms with E-state index in [9.17, 15) is 4.79 Å². The Morgan fingerprint density at radius 1 is 1.10 bits per heavy atom. The van der Waals surface area contributed by atoms with Gasteiger partial charge in [0.15, 0.2) is 5.11 Å². The van der Waals surface area contributed by atoms with Crippen molar-refractivity contribution in [2.24, 2.45) is 0 Å². The summed E-state index contributed by atoms with van der Waals surface area (Å²) in [5, 5.41) is 9.34. The molecule has 21 heavy (non-hydrogen) atoms. The predicted molar refractivity (Wildman–Crippen MR) is 88.1 cm³/mol. The van der Waals surface area contributed by atoms with E-state index in [0.29, 0.717) is 24.7 Å². The minimum atomic E-state index is -0.482. The van der Waals surface area contributed by atoms with Gasteiger partial charge in [0.05, 0.1) is 0 Å². The lowest BCUT2D eigenvalue weighted by Gasteiger charge is -2.19. The zero-order chi connectivity index (χ0) is 15.7. The molecule has 1 aromatic rings. The molecule has 0 saturated carbocycles. The lowest BCUT2D eigenvalue weighted by atomic mass is 10.2. The first kappa shape index (κ1) is 17.2. The maximum absolute atomic E-state index is 11.4. The van der Waals surface area contributed by atoms with E-state index in [1.165, 1.54) is 0 Å². The van der Waals surface area contributed by atoms with Crippen LogP contribution in [-0.2, 0) is 11.3 Å². The molecule has 0 bridgehead atoms. The van der Waals surface area contributed by atoms with Gasteiger partial charge in [-0.05, 0) is 38.6 Å². The molecule has 5 nitrogen and oxygen atoms in total. The fourth-order valence-electron chi connectivity index (χ4n) is 1.50. The molecule has 1 amide bonds. The SMILES string of the molecule is CC(C)(C)OC(=O)NCCNC(=S)NCc1ccccc1. The molecule has 0 radical (unpaired) electrons. The van der Waals surface area contributed by atoms with E-state index in [0.717, 1.165) is 5.56 Å². The highest BCUT2D eigenvalue weighted by Crippen LogP contribution is 2.05. The molecule has 6 heteroatoms. The van der Waals surface area contributed by atoms with E-state index < -0.39 is 11.7 Å². The molecule has 0 heterocycles. The fourth-order valence-corrected chi connectivity index (χ4v) is 1.67. The van der Waals surface area contributed by atoms with Gasteiger partial charge in [0, 0.05) is 19.6 Å². The molecular weight excluding hydrogens is 286 g/mol. The van der Waals surface area contributed by atoms with Crippen molar-refractivity contribution in [3.63, 3.8) is 0 Å². The lowest BCUT2D eigenvalue weighted by Crippen LogP contribution is -2.41. The van der Waals surface area contributed by atoms with E-state index >= 15 is 0 Å². The average molecular weight is 309 g/mol. The van der Waals surface area contributed by atoms with Gasteiger partial charge in [-0.15, -0.1) is 0 Å². The highest BCUT2D eigenvalue weighted by Gasteiger charge is 2.15. The van der Waals surface area contributed by atoms with Gasteiger partial charge in [-0.1, -0.05) is 30.3 Å². The first-order valence-electron chi connectivity index (χ1n) is 6.89. The van der Waals surface area contributed by atoms with Crippen molar-refractivity contribution in [1.29, 1.82) is 0 Å². The van der Waals surface area contributed by atoms with Gasteiger partial charge >= 0.3 is 6.09 Å². The lowest BCUT2D eigenvalue weighted by molar-refractivity contribution is 0.0529. The molecular formula is C15H23N3O2S. The van der Waals surface area contributed by atoms with Gasteiger partial charge in [0.25, 0.3) is 0 Å². The largest absolute Gasteiger partial charge is 0.444 e. The average Bonchev–Trinajstić information content (AvgIpc) is 2.40. The maximum atomic E-state index is 11.4. The van der Waals surface area contributed by atoms with Gasteiger partial charge < -0.3 is 20.7 Å². The maximum Gasteiger partial charge on any atom is 0.407 e. The summed E-state index contributed by atoms with van der Waals surface area (Å²) in [5.74, 6) is 0. The first-order valence-corrected chi connectivity index (χ1v) is 7.30. The van der Waals surface area contributed by atoms with Crippen molar-refractivity contribution in [3.8, 4) is 0 Å². The van der Waals surface area contributed by atoms with Crippen molar-refractivity contribution in [3.05, 3.63) is 35.9 Å². The first-order chi connectivity index (χ1) is 9.87. The van der Waals surface area contributed by atoms with E-state index in [2.05, 4.69) is 16.0 Å². The van der Waals surface area contributed by atoms with Crippen LogP contribution in [0.2, 0.25) is 0 Å². The molecule has 1 rings (SSSR count). The Morgan fingerprint density at radius 3 is 2.33 bits per heavy atom. The van der Waals surface area contributed by atoms with Crippen LogP contribution in [0.5, 0.6) is 0 Å². The number of ether oxygens (including phenoxy) is 1. The van der Waals surface area contributed by atoms with E-state index in [1.807, 2.05) is 51.1 Å². The highest BCUT2D eigenvalue weighted by molar-refractivity contribution is 7.80. The van der Waals surface area contributed by atoms with Crippen LogP contribution < -0.4 is 16.0 Å². The third kappa shape index (κ3) is 8.86. The van der Waals surface area contributed by atoms with Gasteiger partial charge in [-0.25, -0.2) is 4.79 Å². The predicted octanol–water partition coefficient (Wildman–Crippen LogP) is 2.18. The number of alkyl carbamates (subject to hydrolysis) is 1. The second-order valence-electron chi connectivity index (χ2n) is 5.52. The molecule has 0 unspecified atom stereocenters. The number of hydrogen-bond donors (Lipinski definition) is 3. The number of rotatable bonds is 5. The Labute approximate surface area is 131 Å². The van der Waals surface area contributed by atoms with Crippen molar-refractivity contribution < 1.29 is 9.53 Å². The minimum absolute atomic E-state index is 0.424. The molecule has 0 aromatic heterocycles. The Kier molecular flexibility index (Phi) is 6.94. The number of carbonyl (C=O) groups is 1. The molecule has 0 aliphatic rings. The number of carbonyl (C=O) groups excluding carboxylic acids is 1. The molecule has 0 saturated heterocycles. The van der Waals surface area contributed by atoms with Crippen LogP contribution in [0.4, 0.5) is 4.79 Å². The van der Waals surface area contributed by atoms with Crippen molar-refractivity contribution in [1.82, 2.24) is 16.0 Å². The van der Waals surface area contributed by atoms with Crippen LogP contribution in [-0.4, -0.2) is 29.9 Å². The summed E-state index contributed by atoms with van der Waals surface area (Å²) in [7, 11) is 0. The Balaban J connectivity index is 2.10. The van der Waals surface area contributed by atoms with Crippen molar-refractivity contribution >= 4 is 23.4 Å². The van der Waals surface area contributed by atoms with Crippen LogP contribution >= 0.6 is 12.2 Å².